The van der Waals surface area contributed by atoms with Gasteiger partial charge >= 0.3 is 5.97 Å². The summed E-state index contributed by atoms with van der Waals surface area (Å²) < 4.78 is 21.9. The molecule has 0 bridgehead atoms. The first-order valence-corrected chi connectivity index (χ1v) is 16.3. The molecule has 2 aromatic carbocycles. The maximum absolute atomic E-state index is 13.7. The number of benzene rings is 2. The second kappa shape index (κ2) is 13.9. The summed E-state index contributed by atoms with van der Waals surface area (Å²) in [5.74, 6) is 2.04. The van der Waals surface area contributed by atoms with Gasteiger partial charge < -0.3 is 33.9 Å². The van der Waals surface area contributed by atoms with Crippen LogP contribution in [0.2, 0.25) is 0 Å². The molecule has 4 rings (SSSR count). The average molecular weight is 629 g/mol. The van der Waals surface area contributed by atoms with Crippen molar-refractivity contribution in [2.75, 3.05) is 46.7 Å². The Labute approximate surface area is 266 Å². The quantitative estimate of drug-likeness (QED) is 0.283. The zero-order valence-corrected chi connectivity index (χ0v) is 28.2. The van der Waals surface area contributed by atoms with E-state index in [1.807, 2.05) is 42.3 Å². The number of fused-ring (bicyclic) bond motifs is 1. The van der Waals surface area contributed by atoms with Crippen LogP contribution in [0.4, 0.5) is 0 Å². The van der Waals surface area contributed by atoms with Gasteiger partial charge in [0, 0.05) is 19.2 Å². The Morgan fingerprint density at radius 2 is 1.70 bits per heavy atom. The van der Waals surface area contributed by atoms with E-state index >= 15 is 0 Å². The summed E-state index contributed by atoms with van der Waals surface area (Å²) in [6.45, 7) is 17.3. The van der Waals surface area contributed by atoms with Crippen LogP contribution in [0.1, 0.15) is 83.4 Å². The highest BCUT2D eigenvalue weighted by Crippen LogP contribution is 2.48. The lowest BCUT2D eigenvalue weighted by molar-refractivity contribution is -0.145. The first-order valence-electron chi connectivity index (χ1n) is 15.4. The maximum atomic E-state index is 13.7. The van der Waals surface area contributed by atoms with Crippen LogP contribution in [-0.2, 0) is 25.2 Å². The lowest BCUT2D eigenvalue weighted by Gasteiger charge is -2.31. The summed E-state index contributed by atoms with van der Waals surface area (Å²) in [4.78, 5) is 30.2. The van der Waals surface area contributed by atoms with Gasteiger partial charge in [0.05, 0.1) is 18.3 Å². The Hall–Kier alpha value is -3.11. The van der Waals surface area contributed by atoms with Crippen molar-refractivity contribution in [3.05, 3.63) is 47.0 Å². The number of phenolic OH excluding ortho intramolecular Hbond substituents is 1. The number of thioether (sulfide) groups is 1. The summed E-state index contributed by atoms with van der Waals surface area (Å²) in [7, 11) is 2.04. The lowest BCUT2D eigenvalue weighted by atomic mass is 9.78. The number of nitrogens with zero attached hydrogens (tertiary/aromatic N) is 2. The molecular weight excluding hydrogens is 580 g/mol. The van der Waals surface area contributed by atoms with E-state index in [1.165, 1.54) is 11.8 Å². The van der Waals surface area contributed by atoms with E-state index in [2.05, 4.69) is 46.4 Å². The highest BCUT2D eigenvalue weighted by Gasteiger charge is 2.43. The van der Waals surface area contributed by atoms with Crippen molar-refractivity contribution in [3.63, 3.8) is 0 Å². The predicted octanol–water partition coefficient (Wildman–Crippen LogP) is 6.01. The Kier molecular flexibility index (Phi) is 10.7. The van der Waals surface area contributed by atoms with Gasteiger partial charge in [0.25, 0.3) is 0 Å². The van der Waals surface area contributed by atoms with Crippen molar-refractivity contribution in [2.24, 2.45) is 0 Å². The molecule has 9 nitrogen and oxygen atoms in total. The van der Waals surface area contributed by atoms with Gasteiger partial charge in [0.1, 0.15) is 23.5 Å². The second-order valence-electron chi connectivity index (χ2n) is 13.5. The van der Waals surface area contributed by atoms with Crippen LogP contribution in [0.25, 0.3) is 0 Å². The van der Waals surface area contributed by atoms with E-state index in [1.54, 1.807) is 6.92 Å². The topological polar surface area (TPSA) is 97.8 Å². The number of carbonyl (C=O) groups excluding carboxylic acids is 2. The third-order valence-electron chi connectivity index (χ3n) is 7.85. The van der Waals surface area contributed by atoms with E-state index in [0.29, 0.717) is 31.2 Å². The number of carbonyl (C=O) groups is 2. The molecule has 2 heterocycles. The molecule has 1 fully saturated rings. The van der Waals surface area contributed by atoms with Crippen LogP contribution in [-0.4, -0.2) is 78.7 Å². The second-order valence-corrected chi connectivity index (χ2v) is 14.8. The molecule has 44 heavy (non-hydrogen) atoms. The normalized spacial score (nSPS) is 18.3. The van der Waals surface area contributed by atoms with Crippen molar-refractivity contribution in [2.45, 2.75) is 82.8 Å². The summed E-state index contributed by atoms with van der Waals surface area (Å²) in [6.07, 6.45) is 0.795. The molecule has 1 amide bonds. The molecule has 0 aromatic heterocycles. The highest BCUT2D eigenvalue weighted by molar-refractivity contribution is 8.01. The van der Waals surface area contributed by atoms with Crippen molar-refractivity contribution in [3.8, 4) is 23.0 Å². The van der Waals surface area contributed by atoms with Crippen molar-refractivity contribution in [1.29, 1.82) is 0 Å². The smallest absolute Gasteiger partial charge is 0.307 e. The van der Waals surface area contributed by atoms with Crippen LogP contribution < -0.4 is 14.2 Å². The van der Waals surface area contributed by atoms with Gasteiger partial charge in [-0.15, -0.1) is 11.8 Å². The third kappa shape index (κ3) is 8.13. The molecule has 1 saturated heterocycles. The Bertz CT molecular complexity index is 1300. The van der Waals surface area contributed by atoms with Gasteiger partial charge in [-0.25, -0.2) is 0 Å². The zero-order valence-electron chi connectivity index (χ0n) is 27.4. The van der Waals surface area contributed by atoms with Crippen molar-refractivity contribution >= 4 is 23.6 Å². The van der Waals surface area contributed by atoms with Gasteiger partial charge in [-0.2, -0.15) is 0 Å². The molecule has 242 valence electrons. The van der Waals surface area contributed by atoms with Crippen LogP contribution in [0, 0.1) is 0 Å². The van der Waals surface area contributed by atoms with E-state index in [9.17, 15) is 14.7 Å². The molecule has 0 spiro atoms. The highest BCUT2D eigenvalue weighted by atomic mass is 32.2. The van der Waals surface area contributed by atoms with E-state index < -0.39 is 5.25 Å². The molecule has 0 radical (unpaired) electrons. The molecule has 2 aliphatic heterocycles. The standard InChI is InChI=1S/C34H48N2O7S/c1-9-40-29(37)20-28-31(39)36(14-10-13-35(8)15-16-41-23-11-12-26-27(19-23)43-21-42-26)32(44-28)22-17-24(33(2,3)4)30(38)25(18-22)34(5,6)7/h11-12,17-19,28,32,38H,9-10,13-16,20-21H2,1-8H3. The largest absolute Gasteiger partial charge is 0.507 e. The Morgan fingerprint density at radius 3 is 2.34 bits per heavy atom. The molecule has 0 aliphatic carbocycles. The number of esters is 1. The van der Waals surface area contributed by atoms with E-state index in [4.69, 9.17) is 18.9 Å². The number of amides is 1. The third-order valence-corrected chi connectivity index (χ3v) is 9.33. The summed E-state index contributed by atoms with van der Waals surface area (Å²) >= 11 is 1.50. The van der Waals surface area contributed by atoms with Crippen LogP contribution in [0.5, 0.6) is 23.0 Å². The summed E-state index contributed by atoms with van der Waals surface area (Å²) in [6, 6.07) is 9.63. The van der Waals surface area contributed by atoms with Gasteiger partial charge in [-0.1, -0.05) is 41.5 Å². The number of hydrogen-bond acceptors (Lipinski definition) is 9. The van der Waals surface area contributed by atoms with Gasteiger partial charge in [0.15, 0.2) is 11.5 Å². The predicted molar refractivity (Wildman–Crippen MR) is 173 cm³/mol. The van der Waals surface area contributed by atoms with Crippen LogP contribution in [0.15, 0.2) is 30.3 Å². The Balaban J connectivity index is 1.46. The van der Waals surface area contributed by atoms with Gasteiger partial charge in [-0.3, -0.25) is 9.59 Å². The minimum absolute atomic E-state index is 0.0395. The molecular formula is C34H48N2O7S. The first kappa shape index (κ1) is 33.8. The van der Waals surface area contributed by atoms with Crippen LogP contribution in [0.3, 0.4) is 0 Å². The van der Waals surface area contributed by atoms with Gasteiger partial charge in [-0.05, 0) is 78.7 Å². The fourth-order valence-electron chi connectivity index (χ4n) is 5.43. The number of phenols is 1. The monoisotopic (exact) mass is 628 g/mol. The fraction of sp³-hybridized carbons (Fsp3) is 0.588. The number of likely N-dealkylation sites (N-methyl/N-ethyl adjacent to an activating group) is 1. The molecule has 2 aliphatic rings. The SMILES string of the molecule is CCOC(=O)CC1SC(c2cc(C(C)(C)C)c(O)c(C(C)(C)C)c2)N(CCCN(C)CCOc2ccc3c(c2)OCO3)C1=O. The van der Waals surface area contributed by atoms with Crippen molar-refractivity contribution < 1.29 is 33.6 Å². The van der Waals surface area contributed by atoms with Crippen LogP contribution >= 0.6 is 11.8 Å². The first-order chi connectivity index (χ1) is 20.7. The van der Waals surface area contributed by atoms with Gasteiger partial charge in [0.2, 0.25) is 12.7 Å². The average Bonchev–Trinajstić information content (AvgIpc) is 3.52. The van der Waals surface area contributed by atoms with E-state index in [0.717, 1.165) is 41.2 Å². The Morgan fingerprint density at radius 1 is 1.05 bits per heavy atom. The zero-order chi connectivity index (χ0) is 32.2. The summed E-state index contributed by atoms with van der Waals surface area (Å²) in [5, 5.41) is 10.5. The molecule has 10 heteroatoms. The van der Waals surface area contributed by atoms with Crippen molar-refractivity contribution in [1.82, 2.24) is 9.80 Å². The molecule has 2 aromatic rings. The minimum Gasteiger partial charge on any atom is -0.507 e. The molecule has 2 unspecified atom stereocenters. The molecule has 0 saturated carbocycles. The fourth-order valence-corrected chi connectivity index (χ4v) is 6.88. The lowest BCUT2D eigenvalue weighted by Crippen LogP contribution is -2.35. The minimum atomic E-state index is -0.517. The maximum Gasteiger partial charge on any atom is 0.307 e. The number of hydrogen-bond donors (Lipinski definition) is 1. The number of aromatic hydroxyl groups is 1. The molecule has 2 atom stereocenters. The number of rotatable bonds is 12. The van der Waals surface area contributed by atoms with E-state index in [-0.39, 0.29) is 47.9 Å². The summed E-state index contributed by atoms with van der Waals surface area (Å²) in [5.41, 5.74) is 2.07. The number of ether oxygens (including phenoxy) is 4. The molecule has 1 N–H and O–H groups in total.